The Morgan fingerprint density at radius 1 is 1.16 bits per heavy atom. The van der Waals surface area contributed by atoms with Gasteiger partial charge in [0, 0.05) is 24.7 Å². The third-order valence-electron chi connectivity index (χ3n) is 5.33. The molecular weight excluding hydrogens is 236 g/mol. The molecule has 1 aliphatic carbocycles. The number of hydrogen-bond donors (Lipinski definition) is 1. The van der Waals surface area contributed by atoms with Gasteiger partial charge in [0.15, 0.2) is 0 Å². The highest BCUT2D eigenvalue weighted by molar-refractivity contribution is 5.05. The first-order valence-corrected chi connectivity index (χ1v) is 8.30. The first kappa shape index (κ1) is 15.3. The van der Waals surface area contributed by atoms with E-state index in [1.54, 1.807) is 0 Å². The van der Waals surface area contributed by atoms with Crippen molar-refractivity contribution in [3.8, 4) is 0 Å². The molecule has 0 aromatic heterocycles. The van der Waals surface area contributed by atoms with Crippen molar-refractivity contribution in [1.82, 2.24) is 10.2 Å². The fourth-order valence-corrected chi connectivity index (χ4v) is 4.20. The maximum atomic E-state index is 5.57. The highest BCUT2D eigenvalue weighted by atomic mass is 16.5. The zero-order valence-corrected chi connectivity index (χ0v) is 13.1. The molecule has 1 N–H and O–H groups in total. The molecule has 0 spiro atoms. The van der Waals surface area contributed by atoms with Gasteiger partial charge in [-0.25, -0.2) is 0 Å². The van der Waals surface area contributed by atoms with Crippen molar-refractivity contribution in [1.29, 1.82) is 0 Å². The lowest BCUT2D eigenvalue weighted by Crippen LogP contribution is -2.64. The van der Waals surface area contributed by atoms with Crippen LogP contribution in [0.4, 0.5) is 0 Å². The van der Waals surface area contributed by atoms with Gasteiger partial charge in [0.25, 0.3) is 0 Å². The van der Waals surface area contributed by atoms with Crippen molar-refractivity contribution in [2.75, 3.05) is 32.8 Å². The van der Waals surface area contributed by atoms with Crippen molar-refractivity contribution in [2.45, 2.75) is 64.5 Å². The number of rotatable bonds is 6. The van der Waals surface area contributed by atoms with E-state index in [4.69, 9.17) is 4.74 Å². The first-order chi connectivity index (χ1) is 9.24. The molecule has 0 amide bonds. The van der Waals surface area contributed by atoms with E-state index in [9.17, 15) is 0 Å². The summed E-state index contributed by atoms with van der Waals surface area (Å²) in [5.41, 5.74) is 0.398. The second-order valence-corrected chi connectivity index (χ2v) is 6.33. The van der Waals surface area contributed by atoms with Crippen LogP contribution in [0.15, 0.2) is 0 Å². The highest BCUT2D eigenvalue weighted by Gasteiger charge is 2.47. The van der Waals surface area contributed by atoms with Gasteiger partial charge < -0.3 is 10.1 Å². The van der Waals surface area contributed by atoms with Gasteiger partial charge in [0.2, 0.25) is 0 Å². The molecule has 0 bridgehead atoms. The number of morpholine rings is 1. The molecule has 0 radical (unpaired) electrons. The van der Waals surface area contributed by atoms with Gasteiger partial charge in [0.05, 0.1) is 13.2 Å². The molecular formula is C16H32N2O. The Morgan fingerprint density at radius 3 is 2.32 bits per heavy atom. The lowest BCUT2D eigenvalue weighted by Gasteiger charge is -2.50. The SMILES string of the molecule is CCNC(C(C)CC)C1(N2CCOCC2)CCCC1. The van der Waals surface area contributed by atoms with Crippen LogP contribution in [0.5, 0.6) is 0 Å². The number of nitrogens with one attached hydrogen (secondary N) is 1. The Bertz CT molecular complexity index is 257. The second kappa shape index (κ2) is 7.05. The van der Waals surface area contributed by atoms with E-state index in [0.29, 0.717) is 11.6 Å². The van der Waals surface area contributed by atoms with Crippen LogP contribution < -0.4 is 5.32 Å². The summed E-state index contributed by atoms with van der Waals surface area (Å²) in [6, 6.07) is 0.642. The quantitative estimate of drug-likeness (QED) is 0.801. The topological polar surface area (TPSA) is 24.5 Å². The van der Waals surface area contributed by atoms with Gasteiger partial charge >= 0.3 is 0 Å². The molecule has 1 saturated heterocycles. The summed E-state index contributed by atoms with van der Waals surface area (Å²) in [5, 5.41) is 3.83. The van der Waals surface area contributed by atoms with E-state index in [1.807, 2.05) is 0 Å². The predicted octanol–water partition coefficient (Wildman–Crippen LogP) is 2.66. The molecule has 0 aromatic rings. The third kappa shape index (κ3) is 3.14. The molecule has 2 fully saturated rings. The number of nitrogens with zero attached hydrogens (tertiary/aromatic N) is 1. The van der Waals surface area contributed by atoms with Crippen molar-refractivity contribution in [3.63, 3.8) is 0 Å². The van der Waals surface area contributed by atoms with Gasteiger partial charge in [-0.1, -0.05) is 40.0 Å². The van der Waals surface area contributed by atoms with Gasteiger partial charge in [-0.15, -0.1) is 0 Å². The van der Waals surface area contributed by atoms with E-state index >= 15 is 0 Å². The Hall–Kier alpha value is -0.120. The molecule has 112 valence electrons. The van der Waals surface area contributed by atoms with Crippen LogP contribution in [-0.2, 0) is 4.74 Å². The summed E-state index contributed by atoms with van der Waals surface area (Å²) in [7, 11) is 0. The van der Waals surface area contributed by atoms with Crippen LogP contribution in [0, 0.1) is 5.92 Å². The van der Waals surface area contributed by atoms with Crippen LogP contribution in [-0.4, -0.2) is 49.3 Å². The van der Waals surface area contributed by atoms with E-state index in [2.05, 4.69) is 31.0 Å². The predicted molar refractivity (Wildman–Crippen MR) is 80.5 cm³/mol. The highest BCUT2D eigenvalue weighted by Crippen LogP contribution is 2.41. The molecule has 0 aromatic carbocycles. The zero-order chi connectivity index (χ0) is 13.7. The molecule has 2 atom stereocenters. The standard InChI is InChI=1S/C16H32N2O/c1-4-14(3)15(17-5-2)16(8-6-7-9-16)18-10-12-19-13-11-18/h14-15,17H,4-13H2,1-3H3. The lowest BCUT2D eigenvalue weighted by molar-refractivity contribution is -0.0436. The summed E-state index contributed by atoms with van der Waals surface area (Å²) in [6.45, 7) is 12.2. The number of hydrogen-bond acceptors (Lipinski definition) is 3. The lowest BCUT2D eigenvalue weighted by atomic mass is 9.78. The minimum Gasteiger partial charge on any atom is -0.379 e. The fraction of sp³-hybridized carbons (Fsp3) is 1.00. The van der Waals surface area contributed by atoms with E-state index in [0.717, 1.165) is 38.8 Å². The Labute approximate surface area is 119 Å². The largest absolute Gasteiger partial charge is 0.379 e. The third-order valence-corrected chi connectivity index (χ3v) is 5.33. The molecule has 1 heterocycles. The smallest absolute Gasteiger partial charge is 0.0594 e. The van der Waals surface area contributed by atoms with Gasteiger partial charge in [-0.2, -0.15) is 0 Å². The van der Waals surface area contributed by atoms with Crippen molar-refractivity contribution < 1.29 is 4.74 Å². The summed E-state index contributed by atoms with van der Waals surface area (Å²) in [6.07, 6.45) is 6.80. The minimum absolute atomic E-state index is 0.398. The first-order valence-electron chi connectivity index (χ1n) is 8.30. The van der Waals surface area contributed by atoms with E-state index in [-0.39, 0.29) is 0 Å². The second-order valence-electron chi connectivity index (χ2n) is 6.33. The molecule has 19 heavy (non-hydrogen) atoms. The van der Waals surface area contributed by atoms with E-state index < -0.39 is 0 Å². The van der Waals surface area contributed by atoms with Crippen LogP contribution in [0.25, 0.3) is 0 Å². The molecule has 2 unspecified atom stereocenters. The Kier molecular flexibility index (Phi) is 5.67. The van der Waals surface area contributed by atoms with E-state index in [1.165, 1.54) is 32.1 Å². The summed E-state index contributed by atoms with van der Waals surface area (Å²) >= 11 is 0. The molecule has 3 nitrogen and oxygen atoms in total. The van der Waals surface area contributed by atoms with Crippen LogP contribution in [0.3, 0.4) is 0 Å². The molecule has 1 saturated carbocycles. The average molecular weight is 268 g/mol. The minimum atomic E-state index is 0.398. The monoisotopic (exact) mass is 268 g/mol. The average Bonchev–Trinajstić information content (AvgIpc) is 2.95. The summed E-state index contributed by atoms with van der Waals surface area (Å²) in [5.74, 6) is 0.751. The Morgan fingerprint density at radius 2 is 1.79 bits per heavy atom. The van der Waals surface area contributed by atoms with Crippen molar-refractivity contribution >= 4 is 0 Å². The number of ether oxygens (including phenoxy) is 1. The fourth-order valence-electron chi connectivity index (χ4n) is 4.20. The molecule has 1 aliphatic heterocycles. The van der Waals surface area contributed by atoms with Gasteiger partial charge in [-0.05, 0) is 25.3 Å². The molecule has 2 rings (SSSR count). The van der Waals surface area contributed by atoms with Crippen LogP contribution in [0.2, 0.25) is 0 Å². The number of likely N-dealkylation sites (N-methyl/N-ethyl adjacent to an activating group) is 1. The van der Waals surface area contributed by atoms with Crippen molar-refractivity contribution in [3.05, 3.63) is 0 Å². The zero-order valence-electron chi connectivity index (χ0n) is 13.1. The summed E-state index contributed by atoms with van der Waals surface area (Å²) in [4.78, 5) is 2.75. The Balaban J connectivity index is 2.19. The maximum absolute atomic E-state index is 5.57. The van der Waals surface area contributed by atoms with Crippen LogP contribution in [0.1, 0.15) is 52.9 Å². The molecule has 2 aliphatic rings. The van der Waals surface area contributed by atoms with Crippen molar-refractivity contribution in [2.24, 2.45) is 5.92 Å². The molecule has 3 heteroatoms. The maximum Gasteiger partial charge on any atom is 0.0594 e. The van der Waals surface area contributed by atoms with Crippen LogP contribution >= 0.6 is 0 Å². The normalized spacial score (nSPS) is 27.3. The van der Waals surface area contributed by atoms with Gasteiger partial charge in [-0.3, -0.25) is 4.90 Å². The van der Waals surface area contributed by atoms with Gasteiger partial charge in [0.1, 0.15) is 0 Å². The summed E-state index contributed by atoms with van der Waals surface area (Å²) < 4.78 is 5.57.